The number of methoxy groups -OCH3 is 1. The Morgan fingerprint density at radius 1 is 1.53 bits per heavy atom. The highest BCUT2D eigenvalue weighted by Gasteiger charge is 2.14. The standard InChI is InChI=1S/C11H15NO3/c1-12-6-10(14)9-5-3-4-8(7-13)11(9)15-2/h3-5,12-13H,6-7H2,1-2H3. The smallest absolute Gasteiger partial charge is 0.180 e. The molecule has 2 N–H and O–H groups in total. The number of benzene rings is 1. The number of hydrogen-bond donors (Lipinski definition) is 2. The van der Waals surface area contributed by atoms with Crippen molar-refractivity contribution in [1.82, 2.24) is 5.32 Å². The van der Waals surface area contributed by atoms with Crippen LogP contribution in [-0.2, 0) is 6.61 Å². The van der Waals surface area contributed by atoms with Gasteiger partial charge in [-0.05, 0) is 13.1 Å². The fourth-order valence-corrected chi connectivity index (χ4v) is 1.43. The number of aliphatic hydroxyl groups excluding tert-OH is 1. The van der Waals surface area contributed by atoms with E-state index in [9.17, 15) is 4.79 Å². The zero-order valence-corrected chi connectivity index (χ0v) is 8.91. The lowest BCUT2D eigenvalue weighted by Crippen LogP contribution is -2.19. The molecule has 0 spiro atoms. The number of para-hydroxylation sites is 1. The van der Waals surface area contributed by atoms with Crippen LogP contribution in [0.3, 0.4) is 0 Å². The number of rotatable bonds is 5. The molecule has 0 amide bonds. The minimum absolute atomic E-state index is 0.0513. The summed E-state index contributed by atoms with van der Waals surface area (Å²) in [5.41, 5.74) is 1.12. The summed E-state index contributed by atoms with van der Waals surface area (Å²) in [6, 6.07) is 5.16. The van der Waals surface area contributed by atoms with Crippen LogP contribution in [0.1, 0.15) is 15.9 Å². The second kappa shape index (κ2) is 5.48. The fourth-order valence-electron chi connectivity index (χ4n) is 1.43. The molecule has 0 radical (unpaired) electrons. The first kappa shape index (κ1) is 11.7. The Hall–Kier alpha value is -1.39. The van der Waals surface area contributed by atoms with E-state index in [4.69, 9.17) is 9.84 Å². The molecular formula is C11H15NO3. The monoisotopic (exact) mass is 209 g/mol. The third-order valence-corrected chi connectivity index (χ3v) is 2.11. The van der Waals surface area contributed by atoms with Gasteiger partial charge in [-0.15, -0.1) is 0 Å². The summed E-state index contributed by atoms with van der Waals surface area (Å²) in [4.78, 5) is 11.7. The first-order chi connectivity index (χ1) is 7.24. The largest absolute Gasteiger partial charge is 0.496 e. The molecule has 15 heavy (non-hydrogen) atoms. The highest BCUT2D eigenvalue weighted by molar-refractivity contribution is 6.00. The van der Waals surface area contributed by atoms with E-state index in [1.54, 1.807) is 25.2 Å². The first-order valence-corrected chi connectivity index (χ1v) is 4.69. The van der Waals surface area contributed by atoms with E-state index in [0.29, 0.717) is 16.9 Å². The zero-order chi connectivity index (χ0) is 11.3. The van der Waals surface area contributed by atoms with E-state index in [1.165, 1.54) is 7.11 Å². The van der Waals surface area contributed by atoms with E-state index in [-0.39, 0.29) is 18.9 Å². The van der Waals surface area contributed by atoms with Crippen molar-refractivity contribution in [2.24, 2.45) is 0 Å². The minimum Gasteiger partial charge on any atom is -0.496 e. The zero-order valence-electron chi connectivity index (χ0n) is 8.91. The maximum absolute atomic E-state index is 11.7. The van der Waals surface area contributed by atoms with E-state index >= 15 is 0 Å². The van der Waals surface area contributed by atoms with Gasteiger partial charge in [0.1, 0.15) is 5.75 Å². The van der Waals surface area contributed by atoms with E-state index in [0.717, 1.165) is 0 Å². The molecule has 0 fully saturated rings. The van der Waals surface area contributed by atoms with Crippen molar-refractivity contribution in [2.45, 2.75) is 6.61 Å². The van der Waals surface area contributed by atoms with Gasteiger partial charge >= 0.3 is 0 Å². The molecular weight excluding hydrogens is 194 g/mol. The Labute approximate surface area is 88.9 Å². The maximum atomic E-state index is 11.7. The fraction of sp³-hybridized carbons (Fsp3) is 0.364. The maximum Gasteiger partial charge on any atom is 0.180 e. The molecule has 1 aromatic carbocycles. The first-order valence-electron chi connectivity index (χ1n) is 4.69. The molecule has 0 aliphatic heterocycles. The summed E-state index contributed by atoms with van der Waals surface area (Å²) >= 11 is 0. The van der Waals surface area contributed by atoms with Crippen molar-refractivity contribution in [3.63, 3.8) is 0 Å². The van der Waals surface area contributed by atoms with Crippen LogP contribution in [0.2, 0.25) is 0 Å². The molecule has 1 aromatic rings. The number of ether oxygens (including phenoxy) is 1. The average Bonchev–Trinajstić information content (AvgIpc) is 2.28. The average molecular weight is 209 g/mol. The predicted octanol–water partition coefficient (Wildman–Crippen LogP) is 0.590. The molecule has 0 aliphatic rings. The van der Waals surface area contributed by atoms with Crippen LogP contribution in [0.5, 0.6) is 5.75 Å². The number of Topliss-reactive ketones (excluding diaryl/α,β-unsaturated/α-hetero) is 1. The molecule has 0 unspecified atom stereocenters. The lowest BCUT2D eigenvalue weighted by Gasteiger charge is -2.10. The van der Waals surface area contributed by atoms with Crippen molar-refractivity contribution in [2.75, 3.05) is 20.7 Å². The molecule has 1 rings (SSSR count). The SMILES string of the molecule is CNCC(=O)c1cccc(CO)c1OC. The summed E-state index contributed by atoms with van der Waals surface area (Å²) in [6.07, 6.45) is 0. The van der Waals surface area contributed by atoms with Crippen molar-refractivity contribution in [1.29, 1.82) is 0 Å². The molecule has 0 saturated heterocycles. The quantitative estimate of drug-likeness (QED) is 0.697. The highest BCUT2D eigenvalue weighted by atomic mass is 16.5. The molecule has 0 aliphatic carbocycles. The molecule has 0 saturated carbocycles. The predicted molar refractivity (Wildman–Crippen MR) is 57.2 cm³/mol. The van der Waals surface area contributed by atoms with Gasteiger partial charge in [0, 0.05) is 5.56 Å². The molecule has 82 valence electrons. The third kappa shape index (κ3) is 2.55. The van der Waals surface area contributed by atoms with Crippen LogP contribution in [-0.4, -0.2) is 31.6 Å². The molecule has 0 atom stereocenters. The Bertz CT molecular complexity index is 350. The van der Waals surface area contributed by atoms with Crippen molar-refractivity contribution >= 4 is 5.78 Å². The number of carbonyl (C=O) groups is 1. The van der Waals surface area contributed by atoms with Crippen LogP contribution in [0.15, 0.2) is 18.2 Å². The van der Waals surface area contributed by atoms with Gasteiger partial charge in [-0.25, -0.2) is 0 Å². The molecule has 0 bridgehead atoms. The van der Waals surface area contributed by atoms with Crippen LogP contribution in [0.4, 0.5) is 0 Å². The number of likely N-dealkylation sites (N-methyl/N-ethyl adjacent to an activating group) is 1. The van der Waals surface area contributed by atoms with Gasteiger partial charge in [0.15, 0.2) is 5.78 Å². The van der Waals surface area contributed by atoms with Crippen molar-refractivity contribution < 1.29 is 14.6 Å². The van der Waals surface area contributed by atoms with Gasteiger partial charge in [0.2, 0.25) is 0 Å². The highest BCUT2D eigenvalue weighted by Crippen LogP contribution is 2.24. The van der Waals surface area contributed by atoms with Gasteiger partial charge in [-0.3, -0.25) is 4.79 Å². The number of hydrogen-bond acceptors (Lipinski definition) is 4. The Balaban J connectivity index is 3.11. The minimum atomic E-state index is -0.135. The summed E-state index contributed by atoms with van der Waals surface area (Å²) < 4.78 is 5.13. The lowest BCUT2D eigenvalue weighted by molar-refractivity contribution is 0.0990. The van der Waals surface area contributed by atoms with Crippen LogP contribution in [0, 0.1) is 0 Å². The van der Waals surface area contributed by atoms with Crippen LogP contribution >= 0.6 is 0 Å². The second-order valence-electron chi connectivity index (χ2n) is 3.11. The number of aliphatic hydroxyl groups is 1. The Morgan fingerprint density at radius 2 is 2.27 bits per heavy atom. The van der Waals surface area contributed by atoms with Gasteiger partial charge in [-0.1, -0.05) is 12.1 Å². The lowest BCUT2D eigenvalue weighted by atomic mass is 10.1. The number of carbonyl (C=O) groups excluding carboxylic acids is 1. The summed E-state index contributed by atoms with van der Waals surface area (Å²) in [5, 5.41) is 11.9. The normalized spacial score (nSPS) is 10.1. The second-order valence-corrected chi connectivity index (χ2v) is 3.11. The summed E-state index contributed by atoms with van der Waals surface area (Å²) in [7, 11) is 3.20. The van der Waals surface area contributed by atoms with Gasteiger partial charge in [-0.2, -0.15) is 0 Å². The van der Waals surface area contributed by atoms with E-state index < -0.39 is 0 Å². The number of nitrogens with one attached hydrogen (secondary N) is 1. The molecule has 0 heterocycles. The molecule has 4 heteroatoms. The van der Waals surface area contributed by atoms with Gasteiger partial charge in [0.05, 0.1) is 25.8 Å². The van der Waals surface area contributed by atoms with E-state index in [1.807, 2.05) is 0 Å². The molecule has 4 nitrogen and oxygen atoms in total. The van der Waals surface area contributed by atoms with E-state index in [2.05, 4.69) is 5.32 Å². The van der Waals surface area contributed by atoms with Crippen molar-refractivity contribution in [3.8, 4) is 5.75 Å². The summed E-state index contributed by atoms with van der Waals surface area (Å²) in [5.74, 6) is 0.407. The Kier molecular flexibility index (Phi) is 4.27. The Morgan fingerprint density at radius 3 is 2.80 bits per heavy atom. The summed E-state index contributed by atoms with van der Waals surface area (Å²) in [6.45, 7) is 0.120. The van der Waals surface area contributed by atoms with Crippen LogP contribution in [0.25, 0.3) is 0 Å². The van der Waals surface area contributed by atoms with Crippen LogP contribution < -0.4 is 10.1 Å². The van der Waals surface area contributed by atoms with Gasteiger partial charge in [0.25, 0.3) is 0 Å². The number of ketones is 1. The third-order valence-electron chi connectivity index (χ3n) is 2.11. The van der Waals surface area contributed by atoms with Gasteiger partial charge < -0.3 is 15.2 Å². The molecule has 0 aromatic heterocycles. The topological polar surface area (TPSA) is 58.6 Å². The van der Waals surface area contributed by atoms with Crippen molar-refractivity contribution in [3.05, 3.63) is 29.3 Å².